The van der Waals surface area contributed by atoms with Crippen molar-refractivity contribution in [3.8, 4) is 17.2 Å². The maximum atomic E-state index is 13.1. The van der Waals surface area contributed by atoms with Gasteiger partial charge in [-0.05, 0) is 34.6 Å². The lowest BCUT2D eigenvalue weighted by molar-refractivity contribution is 0.146. The number of halogens is 2. The lowest BCUT2D eigenvalue weighted by atomic mass is 9.95. The van der Waals surface area contributed by atoms with Gasteiger partial charge in [0.2, 0.25) is 5.56 Å². The first-order chi connectivity index (χ1) is 14.0. The van der Waals surface area contributed by atoms with Crippen molar-refractivity contribution in [3.63, 3.8) is 0 Å². The maximum absolute atomic E-state index is 13.1. The van der Waals surface area contributed by atoms with Gasteiger partial charge < -0.3 is 0 Å². The Morgan fingerprint density at radius 3 is 2.48 bits per heavy atom. The van der Waals surface area contributed by atoms with Crippen LogP contribution in [0, 0.1) is 11.3 Å². The fraction of sp³-hybridized carbons (Fsp3) is 0.227. The number of nitrogens with zero attached hydrogens (tertiary/aromatic N) is 3. The largest absolute Gasteiger partial charge is 0.293 e. The van der Waals surface area contributed by atoms with Crippen molar-refractivity contribution in [3.05, 3.63) is 81.5 Å². The number of benzene rings is 2. The van der Waals surface area contributed by atoms with E-state index in [1.54, 1.807) is 12.1 Å². The molecule has 7 heteroatoms. The molecule has 0 unspecified atom stereocenters. The number of alkyl halides is 2. The van der Waals surface area contributed by atoms with Crippen molar-refractivity contribution >= 4 is 13.3 Å². The minimum absolute atomic E-state index is 0.176. The van der Waals surface area contributed by atoms with E-state index < -0.39 is 23.1 Å². The summed E-state index contributed by atoms with van der Waals surface area (Å²) in [5.74, 6) is 0.293. The molecule has 0 N–H and O–H groups in total. The first-order valence-electron chi connectivity index (χ1n) is 9.22. The van der Waals surface area contributed by atoms with Crippen LogP contribution >= 0.6 is 0 Å². The van der Waals surface area contributed by atoms with E-state index in [1.807, 2.05) is 43.3 Å². The lowest BCUT2D eigenvalue weighted by Crippen LogP contribution is -2.40. The molecule has 29 heavy (non-hydrogen) atoms. The third-order valence-corrected chi connectivity index (χ3v) is 4.65. The van der Waals surface area contributed by atoms with Crippen molar-refractivity contribution < 1.29 is 8.78 Å². The number of hydrogen-bond donors (Lipinski definition) is 0. The zero-order chi connectivity index (χ0) is 21.0. The Balaban J connectivity index is 1.97. The van der Waals surface area contributed by atoms with Crippen molar-refractivity contribution in [1.29, 1.82) is 5.26 Å². The van der Waals surface area contributed by atoms with Crippen LogP contribution in [0.1, 0.15) is 42.4 Å². The summed E-state index contributed by atoms with van der Waals surface area (Å²) >= 11 is 0. The number of nitriles is 1. The van der Waals surface area contributed by atoms with E-state index in [4.69, 9.17) is 7.85 Å². The molecule has 2 radical (unpaired) electrons. The zero-order valence-corrected chi connectivity index (χ0v) is 15.9. The van der Waals surface area contributed by atoms with Gasteiger partial charge in [0.1, 0.15) is 19.4 Å². The smallest absolute Gasteiger partial charge is 0.280 e. The summed E-state index contributed by atoms with van der Waals surface area (Å²) in [5, 5.41) is 9.27. The molecule has 0 fully saturated rings. The van der Waals surface area contributed by atoms with Crippen molar-refractivity contribution in [2.24, 2.45) is 0 Å². The first kappa shape index (κ1) is 20.5. The molecule has 0 aliphatic heterocycles. The second-order valence-corrected chi connectivity index (χ2v) is 6.62. The Morgan fingerprint density at radius 2 is 1.86 bits per heavy atom. The van der Waals surface area contributed by atoms with Crippen molar-refractivity contribution in [1.82, 2.24) is 9.55 Å². The predicted octanol–water partition coefficient (Wildman–Crippen LogP) is 3.51. The topological polar surface area (TPSA) is 58.7 Å². The van der Waals surface area contributed by atoms with Crippen LogP contribution in [0.4, 0.5) is 8.78 Å². The van der Waals surface area contributed by atoms with Crippen LogP contribution in [-0.2, 0) is 13.0 Å². The van der Waals surface area contributed by atoms with Crippen LogP contribution in [0.2, 0.25) is 0 Å². The quantitative estimate of drug-likeness (QED) is 0.607. The fourth-order valence-electron chi connectivity index (χ4n) is 3.18. The highest BCUT2D eigenvalue weighted by atomic mass is 19.3. The number of rotatable bonds is 6. The molecule has 0 saturated carbocycles. The van der Waals surface area contributed by atoms with E-state index in [0.29, 0.717) is 24.2 Å². The summed E-state index contributed by atoms with van der Waals surface area (Å²) in [5.41, 5.74) is 1.24. The van der Waals surface area contributed by atoms with Crippen LogP contribution < -0.4 is 11.0 Å². The highest BCUT2D eigenvalue weighted by Gasteiger charge is 2.19. The van der Waals surface area contributed by atoms with E-state index >= 15 is 0 Å². The van der Waals surface area contributed by atoms with Gasteiger partial charge in [0.25, 0.3) is 6.43 Å². The maximum Gasteiger partial charge on any atom is 0.280 e. The van der Waals surface area contributed by atoms with Gasteiger partial charge in [0.05, 0.1) is 18.2 Å². The molecule has 1 heterocycles. The van der Waals surface area contributed by atoms with Crippen molar-refractivity contribution in [2.75, 3.05) is 0 Å². The third kappa shape index (κ3) is 4.27. The standard InChI is InChI=1S/C22H18BF2N3O/c1-2-5-18-27-20(21(24)25)19(23)22(29)28(18)13-14-8-10-15(11-9-14)17-7-4-3-6-16(17)12-26/h3-4,6-11,21H,2,5,13H2,1H3. The van der Waals surface area contributed by atoms with E-state index in [1.165, 1.54) is 4.57 Å². The van der Waals surface area contributed by atoms with Gasteiger partial charge in [-0.25, -0.2) is 13.8 Å². The molecule has 3 rings (SSSR count). The molecule has 144 valence electrons. The first-order valence-corrected chi connectivity index (χ1v) is 9.22. The Labute approximate surface area is 168 Å². The molecule has 0 aliphatic rings. The molecule has 4 nitrogen and oxygen atoms in total. The molecule has 0 spiro atoms. The molecular weight excluding hydrogens is 371 g/mol. The van der Waals surface area contributed by atoms with E-state index in [0.717, 1.165) is 16.7 Å². The zero-order valence-electron chi connectivity index (χ0n) is 15.9. The second-order valence-electron chi connectivity index (χ2n) is 6.62. The molecule has 1 aromatic heterocycles. The van der Waals surface area contributed by atoms with Gasteiger partial charge in [-0.1, -0.05) is 49.4 Å². The number of aromatic nitrogens is 2. The molecule has 0 bridgehead atoms. The summed E-state index contributed by atoms with van der Waals surface area (Å²) in [6.07, 6.45) is -1.85. The Hall–Kier alpha value is -3.27. The Kier molecular flexibility index (Phi) is 6.23. The third-order valence-electron chi connectivity index (χ3n) is 4.65. The van der Waals surface area contributed by atoms with Gasteiger partial charge in [0, 0.05) is 6.42 Å². The van der Waals surface area contributed by atoms with E-state index in [2.05, 4.69) is 11.1 Å². The minimum atomic E-state index is -2.90. The van der Waals surface area contributed by atoms with Gasteiger partial charge in [-0.15, -0.1) is 0 Å². The molecular formula is C22H18BF2N3O. The Bertz CT molecular complexity index is 1120. The average molecular weight is 389 g/mol. The molecule has 3 aromatic rings. The summed E-state index contributed by atoms with van der Waals surface area (Å²) in [7, 11) is 5.63. The van der Waals surface area contributed by atoms with Crippen LogP contribution in [0.25, 0.3) is 11.1 Å². The lowest BCUT2D eigenvalue weighted by Gasteiger charge is -2.16. The van der Waals surface area contributed by atoms with E-state index in [-0.39, 0.29) is 6.54 Å². The fourth-order valence-corrected chi connectivity index (χ4v) is 3.18. The van der Waals surface area contributed by atoms with Crippen LogP contribution in [-0.4, -0.2) is 17.4 Å². The van der Waals surface area contributed by atoms with E-state index in [9.17, 15) is 18.8 Å². The van der Waals surface area contributed by atoms with Crippen molar-refractivity contribution in [2.45, 2.75) is 32.7 Å². The summed E-state index contributed by atoms with van der Waals surface area (Å²) < 4.78 is 27.6. The SMILES string of the molecule is [B]c1c(C(F)F)nc(CCC)n(Cc2ccc(-c3ccccc3C#N)cc2)c1=O. The second kappa shape index (κ2) is 8.83. The molecule has 0 amide bonds. The van der Waals surface area contributed by atoms with Crippen LogP contribution in [0.3, 0.4) is 0 Å². The minimum Gasteiger partial charge on any atom is -0.293 e. The van der Waals surface area contributed by atoms with Crippen LogP contribution in [0.15, 0.2) is 53.3 Å². The van der Waals surface area contributed by atoms with Gasteiger partial charge in [-0.2, -0.15) is 5.26 Å². The summed E-state index contributed by atoms with van der Waals surface area (Å²) in [6, 6.07) is 16.8. The highest BCUT2D eigenvalue weighted by molar-refractivity contribution is 6.32. The summed E-state index contributed by atoms with van der Waals surface area (Å²) in [4.78, 5) is 16.6. The normalized spacial score (nSPS) is 10.9. The number of hydrogen-bond acceptors (Lipinski definition) is 3. The molecule has 0 aliphatic carbocycles. The number of aryl methyl sites for hydroxylation is 1. The average Bonchev–Trinajstić information content (AvgIpc) is 2.73. The highest BCUT2D eigenvalue weighted by Crippen LogP contribution is 2.23. The summed E-state index contributed by atoms with van der Waals surface area (Å²) in [6.45, 7) is 2.06. The molecule has 0 atom stereocenters. The predicted molar refractivity (Wildman–Crippen MR) is 109 cm³/mol. The van der Waals surface area contributed by atoms with Gasteiger partial charge in [-0.3, -0.25) is 9.36 Å². The van der Waals surface area contributed by atoms with Gasteiger partial charge >= 0.3 is 0 Å². The van der Waals surface area contributed by atoms with Gasteiger partial charge in [0.15, 0.2) is 0 Å². The molecule has 0 saturated heterocycles. The molecule has 2 aromatic carbocycles. The van der Waals surface area contributed by atoms with Crippen LogP contribution in [0.5, 0.6) is 0 Å². The Morgan fingerprint density at radius 1 is 1.17 bits per heavy atom. The monoisotopic (exact) mass is 389 g/mol.